The van der Waals surface area contributed by atoms with E-state index in [0.29, 0.717) is 18.1 Å². The molecule has 1 unspecified atom stereocenters. The Morgan fingerprint density at radius 1 is 1.18 bits per heavy atom. The maximum atomic E-state index is 5.28. The van der Waals surface area contributed by atoms with E-state index in [1.54, 1.807) is 7.11 Å². The molecule has 0 radical (unpaired) electrons. The zero-order chi connectivity index (χ0) is 12.8. The van der Waals surface area contributed by atoms with E-state index in [-0.39, 0.29) is 0 Å². The number of ether oxygens (including phenoxy) is 1. The van der Waals surface area contributed by atoms with Gasteiger partial charge in [0.2, 0.25) is 0 Å². The van der Waals surface area contributed by atoms with E-state index < -0.39 is 0 Å². The lowest BCUT2D eigenvalue weighted by Gasteiger charge is -2.31. The number of hydrogen-bond acceptors (Lipinski definition) is 3. The van der Waals surface area contributed by atoms with Gasteiger partial charge in [-0.15, -0.1) is 0 Å². The molecule has 0 aromatic rings. The highest BCUT2D eigenvalue weighted by Crippen LogP contribution is 2.32. The van der Waals surface area contributed by atoms with Crippen molar-refractivity contribution in [2.24, 2.45) is 5.92 Å². The van der Waals surface area contributed by atoms with Crippen molar-refractivity contribution >= 4 is 0 Å². The average molecular weight is 242 g/mol. The summed E-state index contributed by atoms with van der Waals surface area (Å²) in [7, 11) is 1.80. The van der Waals surface area contributed by atoms with E-state index in [1.807, 2.05) is 0 Å². The fourth-order valence-electron chi connectivity index (χ4n) is 2.53. The second-order valence-electron chi connectivity index (χ2n) is 5.78. The van der Waals surface area contributed by atoms with E-state index in [4.69, 9.17) is 4.74 Å². The summed E-state index contributed by atoms with van der Waals surface area (Å²) in [6, 6.07) is 1.82. The first kappa shape index (κ1) is 14.9. The molecule has 0 saturated heterocycles. The van der Waals surface area contributed by atoms with Gasteiger partial charge in [-0.25, -0.2) is 0 Å². The molecule has 0 aliphatic heterocycles. The number of nitrogens with one attached hydrogen (secondary N) is 1. The SMILES string of the molecule is COCC(NCCN(C(C)C)C(C)C)C1CC1. The van der Waals surface area contributed by atoms with Crippen molar-refractivity contribution in [2.75, 3.05) is 26.8 Å². The molecule has 1 rings (SSSR count). The molecule has 102 valence electrons. The van der Waals surface area contributed by atoms with E-state index >= 15 is 0 Å². The van der Waals surface area contributed by atoms with E-state index in [1.165, 1.54) is 12.8 Å². The Bertz CT molecular complexity index is 194. The van der Waals surface area contributed by atoms with E-state index in [9.17, 15) is 0 Å². The van der Waals surface area contributed by atoms with Crippen LogP contribution in [0.25, 0.3) is 0 Å². The number of nitrogens with zero attached hydrogens (tertiary/aromatic N) is 1. The molecule has 1 aliphatic carbocycles. The molecule has 0 aromatic heterocycles. The summed E-state index contributed by atoms with van der Waals surface area (Å²) >= 11 is 0. The third-order valence-corrected chi connectivity index (χ3v) is 3.64. The first-order chi connectivity index (χ1) is 8.06. The lowest BCUT2D eigenvalue weighted by molar-refractivity contribution is 0.144. The fraction of sp³-hybridized carbons (Fsp3) is 1.00. The summed E-state index contributed by atoms with van der Waals surface area (Å²) in [4.78, 5) is 2.53. The zero-order valence-corrected chi connectivity index (χ0v) is 12.2. The molecule has 1 fully saturated rings. The van der Waals surface area contributed by atoms with Crippen molar-refractivity contribution in [3.63, 3.8) is 0 Å². The van der Waals surface area contributed by atoms with Gasteiger partial charge in [0.25, 0.3) is 0 Å². The van der Waals surface area contributed by atoms with Crippen molar-refractivity contribution in [3.8, 4) is 0 Å². The molecule has 1 aliphatic rings. The van der Waals surface area contributed by atoms with Crippen LogP contribution in [0.3, 0.4) is 0 Å². The Morgan fingerprint density at radius 2 is 1.76 bits per heavy atom. The fourth-order valence-corrected chi connectivity index (χ4v) is 2.53. The molecule has 0 spiro atoms. The van der Waals surface area contributed by atoms with Crippen molar-refractivity contribution < 1.29 is 4.74 Å². The minimum Gasteiger partial charge on any atom is -0.383 e. The lowest BCUT2D eigenvalue weighted by atomic mass is 10.2. The van der Waals surface area contributed by atoms with Crippen LogP contribution in [-0.2, 0) is 4.74 Å². The summed E-state index contributed by atoms with van der Waals surface area (Å²) in [5.41, 5.74) is 0. The maximum absolute atomic E-state index is 5.28. The highest BCUT2D eigenvalue weighted by atomic mass is 16.5. The number of methoxy groups -OCH3 is 1. The minimum atomic E-state index is 0.571. The highest BCUT2D eigenvalue weighted by molar-refractivity contribution is 4.86. The molecule has 0 aromatic carbocycles. The first-order valence-electron chi connectivity index (χ1n) is 7.04. The predicted molar refractivity (Wildman–Crippen MR) is 73.4 cm³/mol. The summed E-state index contributed by atoms with van der Waals surface area (Å²) < 4.78 is 5.28. The van der Waals surface area contributed by atoms with Gasteiger partial charge >= 0.3 is 0 Å². The molecule has 0 heterocycles. The smallest absolute Gasteiger partial charge is 0.0618 e. The van der Waals surface area contributed by atoms with Crippen LogP contribution in [0, 0.1) is 5.92 Å². The minimum absolute atomic E-state index is 0.571. The molecule has 1 saturated carbocycles. The summed E-state index contributed by atoms with van der Waals surface area (Å²) in [6.07, 6.45) is 2.75. The summed E-state index contributed by atoms with van der Waals surface area (Å²) in [5.74, 6) is 0.862. The topological polar surface area (TPSA) is 24.5 Å². The van der Waals surface area contributed by atoms with Gasteiger partial charge in [-0.1, -0.05) is 0 Å². The van der Waals surface area contributed by atoms with Crippen LogP contribution in [0.4, 0.5) is 0 Å². The predicted octanol–water partition coefficient (Wildman–Crippen LogP) is 2.12. The number of hydrogen-bond donors (Lipinski definition) is 1. The standard InChI is InChI=1S/C14H30N2O/c1-11(2)16(12(3)4)9-8-15-14(10-17-5)13-6-7-13/h11-15H,6-10H2,1-5H3. The van der Waals surface area contributed by atoms with Gasteiger partial charge in [-0.3, -0.25) is 4.90 Å². The Hall–Kier alpha value is -0.120. The van der Waals surface area contributed by atoms with Gasteiger partial charge in [-0.05, 0) is 46.5 Å². The van der Waals surface area contributed by atoms with Gasteiger partial charge < -0.3 is 10.1 Å². The zero-order valence-electron chi connectivity index (χ0n) is 12.2. The summed E-state index contributed by atoms with van der Waals surface area (Å²) in [5, 5.41) is 3.66. The van der Waals surface area contributed by atoms with Gasteiger partial charge in [0.05, 0.1) is 6.61 Å². The second kappa shape index (κ2) is 7.34. The van der Waals surface area contributed by atoms with Crippen LogP contribution in [-0.4, -0.2) is 49.8 Å². The Kier molecular flexibility index (Phi) is 6.45. The average Bonchev–Trinajstić information content (AvgIpc) is 3.05. The highest BCUT2D eigenvalue weighted by Gasteiger charge is 2.30. The Labute approximate surface area is 107 Å². The Balaban J connectivity index is 2.23. The third kappa shape index (κ3) is 5.36. The first-order valence-corrected chi connectivity index (χ1v) is 7.04. The van der Waals surface area contributed by atoms with E-state index in [0.717, 1.165) is 25.6 Å². The van der Waals surface area contributed by atoms with Gasteiger partial charge in [-0.2, -0.15) is 0 Å². The van der Waals surface area contributed by atoms with Crippen LogP contribution in [0.15, 0.2) is 0 Å². The Morgan fingerprint density at radius 3 is 2.18 bits per heavy atom. The molecule has 17 heavy (non-hydrogen) atoms. The van der Waals surface area contributed by atoms with Crippen LogP contribution in [0.5, 0.6) is 0 Å². The maximum Gasteiger partial charge on any atom is 0.0618 e. The number of rotatable bonds is 9. The molecule has 1 atom stereocenters. The van der Waals surface area contributed by atoms with Crippen molar-refractivity contribution in [2.45, 2.75) is 58.7 Å². The largest absolute Gasteiger partial charge is 0.383 e. The van der Waals surface area contributed by atoms with Crippen molar-refractivity contribution in [1.82, 2.24) is 10.2 Å². The summed E-state index contributed by atoms with van der Waals surface area (Å²) in [6.45, 7) is 12.1. The third-order valence-electron chi connectivity index (χ3n) is 3.64. The second-order valence-corrected chi connectivity index (χ2v) is 5.78. The van der Waals surface area contributed by atoms with Gasteiger partial charge in [0.1, 0.15) is 0 Å². The monoisotopic (exact) mass is 242 g/mol. The van der Waals surface area contributed by atoms with Crippen LogP contribution in [0.1, 0.15) is 40.5 Å². The normalized spacial score (nSPS) is 18.4. The van der Waals surface area contributed by atoms with Crippen LogP contribution in [0.2, 0.25) is 0 Å². The molecular weight excluding hydrogens is 212 g/mol. The molecule has 0 bridgehead atoms. The van der Waals surface area contributed by atoms with Crippen molar-refractivity contribution in [1.29, 1.82) is 0 Å². The van der Waals surface area contributed by atoms with Gasteiger partial charge in [0.15, 0.2) is 0 Å². The molecule has 0 amide bonds. The van der Waals surface area contributed by atoms with Crippen LogP contribution >= 0.6 is 0 Å². The quantitative estimate of drug-likeness (QED) is 0.670. The molecular formula is C14H30N2O. The molecule has 1 N–H and O–H groups in total. The molecule has 3 heteroatoms. The van der Waals surface area contributed by atoms with E-state index in [2.05, 4.69) is 37.9 Å². The van der Waals surface area contributed by atoms with Crippen LogP contribution < -0.4 is 5.32 Å². The van der Waals surface area contributed by atoms with Crippen molar-refractivity contribution in [3.05, 3.63) is 0 Å². The van der Waals surface area contributed by atoms with Gasteiger partial charge in [0, 0.05) is 38.3 Å². The molecule has 3 nitrogen and oxygen atoms in total. The lowest BCUT2D eigenvalue weighted by Crippen LogP contribution is -2.44.